The number of rotatable bonds is 4. The Morgan fingerprint density at radius 3 is 3.21 bits per heavy atom. The van der Waals surface area contributed by atoms with Crippen LogP contribution >= 0.6 is 0 Å². The van der Waals surface area contributed by atoms with Crippen molar-refractivity contribution in [2.24, 2.45) is 16.8 Å². The van der Waals surface area contributed by atoms with Gasteiger partial charge in [-0.25, -0.2) is 4.98 Å². The molecule has 1 aliphatic heterocycles. The normalized spacial score (nSPS) is 20.6. The number of pyridine rings is 1. The van der Waals surface area contributed by atoms with Gasteiger partial charge in [-0.2, -0.15) is 0 Å². The van der Waals surface area contributed by atoms with Gasteiger partial charge in [-0.3, -0.25) is 0 Å². The van der Waals surface area contributed by atoms with Crippen LogP contribution in [0.2, 0.25) is 0 Å². The van der Waals surface area contributed by atoms with Crippen molar-refractivity contribution in [3.8, 4) is 0 Å². The lowest BCUT2D eigenvalue weighted by atomic mass is 9.99. The smallest absolute Gasteiger partial charge is 0.188 e. The van der Waals surface area contributed by atoms with E-state index in [-0.39, 0.29) is 5.84 Å². The van der Waals surface area contributed by atoms with Crippen LogP contribution in [0.25, 0.3) is 0 Å². The van der Waals surface area contributed by atoms with Crippen LogP contribution in [0.1, 0.15) is 18.5 Å². The second kappa shape index (κ2) is 6.38. The fraction of sp³-hybridized carbons (Fsp3) is 0.538. The quantitative estimate of drug-likeness (QED) is 0.367. The Morgan fingerprint density at radius 1 is 1.63 bits per heavy atom. The first-order valence-corrected chi connectivity index (χ1v) is 6.43. The molecule has 0 saturated carbocycles. The molecule has 1 saturated heterocycles. The highest BCUT2D eigenvalue weighted by molar-refractivity contribution is 5.95. The number of oxime groups is 1. The number of aromatic nitrogens is 1. The molecule has 104 valence electrons. The Bertz CT molecular complexity index is 448. The fourth-order valence-electron chi connectivity index (χ4n) is 2.44. The number of amidine groups is 1. The van der Waals surface area contributed by atoms with Crippen molar-refractivity contribution in [2.45, 2.75) is 12.8 Å². The van der Waals surface area contributed by atoms with E-state index in [2.05, 4.69) is 15.0 Å². The van der Waals surface area contributed by atoms with Gasteiger partial charge in [0, 0.05) is 20.2 Å². The van der Waals surface area contributed by atoms with Gasteiger partial charge in [-0.15, -0.1) is 0 Å². The highest BCUT2D eigenvalue weighted by atomic mass is 16.5. The number of hydrogen-bond donors (Lipinski definition) is 2. The zero-order chi connectivity index (χ0) is 13.7. The van der Waals surface area contributed by atoms with Crippen molar-refractivity contribution in [1.82, 2.24) is 4.98 Å². The van der Waals surface area contributed by atoms with Crippen molar-refractivity contribution in [1.29, 1.82) is 0 Å². The summed E-state index contributed by atoms with van der Waals surface area (Å²) in [4.78, 5) is 6.65. The number of anilines is 1. The topological polar surface area (TPSA) is 84.0 Å². The molecule has 0 radical (unpaired) electrons. The molecule has 3 N–H and O–H groups in total. The van der Waals surface area contributed by atoms with E-state index in [0.717, 1.165) is 31.9 Å². The molecular weight excluding hydrogens is 244 g/mol. The van der Waals surface area contributed by atoms with E-state index < -0.39 is 0 Å². The minimum atomic E-state index is 0.0345. The SMILES string of the molecule is COCC1CCCN(c2cccc(/C(N)=N/O)n2)C1. The number of nitrogens with two attached hydrogens (primary N) is 1. The Balaban J connectivity index is 2.12. The Kier molecular flexibility index (Phi) is 4.57. The number of methoxy groups -OCH3 is 1. The minimum Gasteiger partial charge on any atom is -0.409 e. The van der Waals surface area contributed by atoms with Gasteiger partial charge in [0.2, 0.25) is 0 Å². The molecular formula is C13H20N4O2. The van der Waals surface area contributed by atoms with Crippen molar-refractivity contribution >= 4 is 11.7 Å². The van der Waals surface area contributed by atoms with Gasteiger partial charge in [-0.1, -0.05) is 11.2 Å². The lowest BCUT2D eigenvalue weighted by Crippen LogP contribution is -2.37. The molecule has 1 aliphatic rings. The summed E-state index contributed by atoms with van der Waals surface area (Å²) in [7, 11) is 1.73. The monoisotopic (exact) mass is 264 g/mol. The Labute approximate surface area is 112 Å². The fourth-order valence-corrected chi connectivity index (χ4v) is 2.44. The highest BCUT2D eigenvalue weighted by Crippen LogP contribution is 2.21. The molecule has 6 heteroatoms. The molecule has 6 nitrogen and oxygen atoms in total. The third-order valence-electron chi connectivity index (χ3n) is 3.35. The van der Waals surface area contributed by atoms with Gasteiger partial charge in [-0.05, 0) is 30.9 Å². The second-order valence-corrected chi connectivity index (χ2v) is 4.78. The van der Waals surface area contributed by atoms with Crippen molar-refractivity contribution in [3.05, 3.63) is 23.9 Å². The van der Waals surface area contributed by atoms with Gasteiger partial charge in [0.1, 0.15) is 11.5 Å². The molecule has 19 heavy (non-hydrogen) atoms. The van der Waals surface area contributed by atoms with Gasteiger partial charge < -0.3 is 20.6 Å². The molecule has 1 atom stereocenters. The third-order valence-corrected chi connectivity index (χ3v) is 3.35. The van der Waals surface area contributed by atoms with E-state index in [1.165, 1.54) is 6.42 Å². The van der Waals surface area contributed by atoms with E-state index in [9.17, 15) is 0 Å². The van der Waals surface area contributed by atoms with Crippen LogP contribution in [0.3, 0.4) is 0 Å². The highest BCUT2D eigenvalue weighted by Gasteiger charge is 2.21. The molecule has 1 aromatic rings. The Morgan fingerprint density at radius 2 is 2.47 bits per heavy atom. The molecule has 1 aromatic heterocycles. The van der Waals surface area contributed by atoms with Crippen LogP contribution in [0, 0.1) is 5.92 Å². The molecule has 0 amide bonds. The molecule has 1 fully saturated rings. The van der Waals surface area contributed by atoms with Crippen LogP contribution in [0.15, 0.2) is 23.4 Å². The predicted octanol–water partition coefficient (Wildman–Crippen LogP) is 1.04. The predicted molar refractivity (Wildman–Crippen MR) is 73.6 cm³/mol. The molecule has 1 unspecified atom stereocenters. The average Bonchev–Trinajstić information content (AvgIpc) is 2.47. The minimum absolute atomic E-state index is 0.0345. The summed E-state index contributed by atoms with van der Waals surface area (Å²) >= 11 is 0. The number of ether oxygens (including phenoxy) is 1. The summed E-state index contributed by atoms with van der Waals surface area (Å²) in [5.41, 5.74) is 6.06. The summed E-state index contributed by atoms with van der Waals surface area (Å²) in [6.45, 7) is 2.68. The van der Waals surface area contributed by atoms with Gasteiger partial charge in [0.25, 0.3) is 0 Å². The summed E-state index contributed by atoms with van der Waals surface area (Å²) in [5, 5.41) is 11.7. The largest absolute Gasteiger partial charge is 0.409 e. The van der Waals surface area contributed by atoms with Crippen molar-refractivity contribution in [3.63, 3.8) is 0 Å². The molecule has 0 aromatic carbocycles. The maximum absolute atomic E-state index is 8.69. The van der Waals surface area contributed by atoms with Crippen LogP contribution in [-0.4, -0.2) is 42.8 Å². The lowest BCUT2D eigenvalue weighted by Gasteiger charge is -2.33. The second-order valence-electron chi connectivity index (χ2n) is 4.78. The van der Waals surface area contributed by atoms with Gasteiger partial charge >= 0.3 is 0 Å². The number of hydrogen-bond acceptors (Lipinski definition) is 5. The summed E-state index contributed by atoms with van der Waals surface area (Å²) in [6.07, 6.45) is 2.31. The van der Waals surface area contributed by atoms with Crippen molar-refractivity contribution in [2.75, 3.05) is 31.7 Å². The first-order valence-electron chi connectivity index (χ1n) is 6.43. The number of piperidine rings is 1. The molecule has 2 heterocycles. The van der Waals surface area contributed by atoms with Gasteiger partial charge in [0.05, 0.1) is 6.61 Å². The average molecular weight is 264 g/mol. The molecule has 0 bridgehead atoms. The third kappa shape index (κ3) is 3.35. The van der Waals surface area contributed by atoms with Crippen LogP contribution in [0.5, 0.6) is 0 Å². The summed E-state index contributed by atoms with van der Waals surface area (Å²) < 4.78 is 5.23. The zero-order valence-corrected chi connectivity index (χ0v) is 11.1. The first-order chi connectivity index (χ1) is 9.24. The Hall–Kier alpha value is -1.82. The summed E-state index contributed by atoms with van der Waals surface area (Å²) in [5.74, 6) is 1.44. The summed E-state index contributed by atoms with van der Waals surface area (Å²) in [6, 6.07) is 5.55. The van der Waals surface area contributed by atoms with Crippen LogP contribution in [-0.2, 0) is 4.74 Å². The number of nitrogens with zero attached hydrogens (tertiary/aromatic N) is 3. The van der Waals surface area contributed by atoms with E-state index in [0.29, 0.717) is 11.6 Å². The van der Waals surface area contributed by atoms with Crippen molar-refractivity contribution < 1.29 is 9.94 Å². The van der Waals surface area contributed by atoms with E-state index >= 15 is 0 Å². The molecule has 2 rings (SSSR count). The first kappa shape index (κ1) is 13.6. The lowest BCUT2D eigenvalue weighted by molar-refractivity contribution is 0.143. The van der Waals surface area contributed by atoms with E-state index in [4.69, 9.17) is 15.7 Å². The molecule has 0 aliphatic carbocycles. The van der Waals surface area contributed by atoms with E-state index in [1.807, 2.05) is 12.1 Å². The van der Waals surface area contributed by atoms with Crippen LogP contribution in [0.4, 0.5) is 5.82 Å². The maximum atomic E-state index is 8.69. The van der Waals surface area contributed by atoms with E-state index in [1.54, 1.807) is 13.2 Å². The van der Waals surface area contributed by atoms with Gasteiger partial charge in [0.15, 0.2) is 5.84 Å². The zero-order valence-electron chi connectivity index (χ0n) is 11.1. The van der Waals surface area contributed by atoms with Crippen LogP contribution < -0.4 is 10.6 Å². The maximum Gasteiger partial charge on any atom is 0.188 e. The standard InChI is InChI=1S/C13H20N4O2/c1-19-9-10-4-3-7-17(8-10)12-6-2-5-11(15-12)13(14)16-18/h2,5-6,10,18H,3-4,7-9H2,1H3,(H2,14,16). The molecule has 0 spiro atoms.